The van der Waals surface area contributed by atoms with Gasteiger partial charge in [-0.25, -0.2) is 18.2 Å². The fourth-order valence-corrected chi connectivity index (χ4v) is 8.60. The van der Waals surface area contributed by atoms with E-state index in [1.165, 1.54) is 29.5 Å². The van der Waals surface area contributed by atoms with Gasteiger partial charge in [0.15, 0.2) is 0 Å². The summed E-state index contributed by atoms with van der Waals surface area (Å²) in [4.78, 5) is 35.0. The molecule has 4 rings (SSSR count). The van der Waals surface area contributed by atoms with Gasteiger partial charge in [-0.3, -0.25) is 4.79 Å². The van der Waals surface area contributed by atoms with Crippen LogP contribution in [-0.4, -0.2) is 94.0 Å². The van der Waals surface area contributed by atoms with Gasteiger partial charge in [-0.2, -0.15) is 4.31 Å². The van der Waals surface area contributed by atoms with E-state index in [1.807, 2.05) is 70.3 Å². The molecular formula is C33H44BrN5O6S2. The summed E-state index contributed by atoms with van der Waals surface area (Å²) in [5.74, 6) is -1.18. The first kappa shape index (κ1) is 36.8. The molecular weight excluding hydrogens is 706 g/mol. The number of nitrogens with zero attached hydrogens (tertiary/aromatic N) is 4. The van der Waals surface area contributed by atoms with Crippen LogP contribution in [-0.2, 0) is 27.8 Å². The molecule has 0 spiro atoms. The van der Waals surface area contributed by atoms with E-state index >= 15 is 0 Å². The predicted octanol–water partition coefficient (Wildman–Crippen LogP) is 4.62. The fraction of sp³-hybridized carbons (Fsp3) is 0.485. The normalized spacial score (nSPS) is 15.9. The molecule has 2 aromatic carbocycles. The molecule has 0 aliphatic carbocycles. The van der Waals surface area contributed by atoms with Crippen LogP contribution in [0.5, 0.6) is 5.75 Å². The molecule has 3 N–H and O–H groups in total. The third-order valence-electron chi connectivity index (χ3n) is 7.97. The molecule has 0 bridgehead atoms. The Balaban J connectivity index is 1.59. The van der Waals surface area contributed by atoms with Crippen molar-refractivity contribution in [1.82, 2.24) is 24.4 Å². The van der Waals surface area contributed by atoms with Gasteiger partial charge >= 0.3 is 6.03 Å². The van der Waals surface area contributed by atoms with E-state index in [0.29, 0.717) is 24.1 Å². The number of benzene rings is 2. The molecule has 1 fully saturated rings. The van der Waals surface area contributed by atoms with Crippen molar-refractivity contribution in [1.29, 1.82) is 0 Å². The van der Waals surface area contributed by atoms with Crippen LogP contribution in [0.15, 0.2) is 63.3 Å². The number of urea groups is 1. The minimum atomic E-state index is -4.24. The lowest BCUT2D eigenvalue weighted by Gasteiger charge is -2.34. The van der Waals surface area contributed by atoms with Crippen molar-refractivity contribution in [3.63, 3.8) is 0 Å². The SMILES string of the molecule is Cc1nc(CN2CCN(C(C(=O)N[C@@H](Cc3ccccc3)[C@H](O)CN(CC(C)C)S(=O)(=O)c3cc(Br)ccc3O)C(C)C)C2=O)cs1. The van der Waals surface area contributed by atoms with Crippen LogP contribution in [0, 0.1) is 18.8 Å². The number of sulfonamides is 1. The number of aryl methyl sites for hydroxylation is 1. The monoisotopic (exact) mass is 749 g/mol. The lowest BCUT2D eigenvalue weighted by Crippen LogP contribution is -2.57. The molecule has 1 aliphatic heterocycles. The zero-order valence-electron chi connectivity index (χ0n) is 27.3. The average Bonchev–Trinajstić information content (AvgIpc) is 3.58. The van der Waals surface area contributed by atoms with E-state index in [1.54, 1.807) is 9.80 Å². The quantitative estimate of drug-likeness (QED) is 0.206. The zero-order valence-corrected chi connectivity index (χ0v) is 30.6. The van der Waals surface area contributed by atoms with Crippen LogP contribution >= 0.6 is 27.3 Å². The molecule has 0 saturated carbocycles. The Morgan fingerprint density at radius 2 is 1.81 bits per heavy atom. The molecule has 0 radical (unpaired) electrons. The number of halogens is 1. The summed E-state index contributed by atoms with van der Waals surface area (Å²) in [6.45, 7) is 10.3. The maximum absolute atomic E-state index is 14.0. The highest BCUT2D eigenvalue weighted by molar-refractivity contribution is 9.10. The predicted molar refractivity (Wildman–Crippen MR) is 185 cm³/mol. The first-order chi connectivity index (χ1) is 22.2. The topological polar surface area (TPSA) is 143 Å². The fourth-order valence-electron chi connectivity index (χ4n) is 5.75. The Hall–Kier alpha value is -3.04. The van der Waals surface area contributed by atoms with E-state index in [4.69, 9.17) is 0 Å². The average molecular weight is 751 g/mol. The first-order valence-electron chi connectivity index (χ1n) is 15.6. The van der Waals surface area contributed by atoms with Crippen LogP contribution in [0.25, 0.3) is 0 Å². The number of hydrogen-bond acceptors (Lipinski definition) is 8. The number of thiazole rings is 1. The van der Waals surface area contributed by atoms with Crippen molar-refractivity contribution in [2.24, 2.45) is 11.8 Å². The largest absolute Gasteiger partial charge is 0.507 e. The number of carbonyl (C=O) groups is 2. The van der Waals surface area contributed by atoms with Crippen LogP contribution in [0.4, 0.5) is 4.79 Å². The maximum Gasteiger partial charge on any atom is 0.321 e. The lowest BCUT2D eigenvalue weighted by atomic mass is 9.97. The van der Waals surface area contributed by atoms with Crippen LogP contribution < -0.4 is 5.32 Å². The van der Waals surface area contributed by atoms with Crippen molar-refractivity contribution in [2.75, 3.05) is 26.2 Å². The van der Waals surface area contributed by atoms with Gasteiger partial charge in [0.1, 0.15) is 16.7 Å². The highest BCUT2D eigenvalue weighted by atomic mass is 79.9. The number of aromatic nitrogens is 1. The number of hydrogen-bond donors (Lipinski definition) is 3. The Labute approximate surface area is 289 Å². The number of nitrogens with one attached hydrogen (secondary N) is 1. The van der Waals surface area contributed by atoms with E-state index in [0.717, 1.165) is 20.6 Å². The van der Waals surface area contributed by atoms with Gasteiger partial charge in [-0.15, -0.1) is 11.3 Å². The second kappa shape index (κ2) is 15.9. The number of rotatable bonds is 15. The summed E-state index contributed by atoms with van der Waals surface area (Å²) >= 11 is 4.80. The van der Waals surface area contributed by atoms with Crippen LogP contribution in [0.3, 0.4) is 0 Å². The Kier molecular flexibility index (Phi) is 12.5. The van der Waals surface area contributed by atoms with Crippen molar-refractivity contribution < 1.29 is 28.2 Å². The first-order valence-corrected chi connectivity index (χ1v) is 18.8. The number of aliphatic hydroxyl groups excluding tert-OH is 1. The summed E-state index contributed by atoms with van der Waals surface area (Å²) in [5.41, 5.74) is 1.64. The number of aromatic hydroxyl groups is 1. The van der Waals surface area contributed by atoms with E-state index in [2.05, 4.69) is 26.2 Å². The summed E-state index contributed by atoms with van der Waals surface area (Å²) in [5, 5.41) is 28.0. The molecule has 3 atom stereocenters. The Bertz CT molecular complexity index is 1640. The highest BCUT2D eigenvalue weighted by Gasteiger charge is 2.41. The minimum absolute atomic E-state index is 0.0720. The third-order valence-corrected chi connectivity index (χ3v) is 11.1. The summed E-state index contributed by atoms with van der Waals surface area (Å²) in [6.07, 6.45) is -1.10. The van der Waals surface area contributed by atoms with Crippen molar-refractivity contribution in [3.8, 4) is 5.75 Å². The van der Waals surface area contributed by atoms with Gasteiger partial charge in [0.2, 0.25) is 15.9 Å². The van der Waals surface area contributed by atoms with Crippen molar-refractivity contribution in [3.05, 3.63) is 74.6 Å². The number of amides is 3. The van der Waals surface area contributed by atoms with Crippen molar-refractivity contribution in [2.45, 2.75) is 70.7 Å². The molecule has 1 aromatic heterocycles. The second-order valence-corrected chi connectivity index (χ2v) is 16.5. The van der Waals surface area contributed by atoms with Gasteiger partial charge in [-0.05, 0) is 48.9 Å². The smallest absolute Gasteiger partial charge is 0.321 e. The molecule has 256 valence electrons. The van der Waals surface area contributed by atoms with E-state index in [9.17, 15) is 28.2 Å². The zero-order chi connectivity index (χ0) is 34.5. The molecule has 3 aromatic rings. The van der Waals surface area contributed by atoms with Crippen LogP contribution in [0.2, 0.25) is 0 Å². The molecule has 14 heteroatoms. The molecule has 2 heterocycles. The molecule has 1 saturated heterocycles. The van der Waals surface area contributed by atoms with E-state index < -0.39 is 39.9 Å². The van der Waals surface area contributed by atoms with E-state index in [-0.39, 0.29) is 42.3 Å². The standard InChI is InChI=1S/C33H44BrN5O6S2/c1-21(2)17-38(47(44,45)30-16-25(34)11-12-28(30)40)19-29(41)27(15-24-9-7-6-8-10-24)36-32(42)31(22(3)4)39-14-13-37(33(39)43)18-26-20-46-23(5)35-26/h6-12,16,20-22,27,29,31,40-41H,13-15,17-19H2,1-5H3,(H,36,42)/t27-,29+,31?/m0/s1. The van der Waals surface area contributed by atoms with Crippen molar-refractivity contribution >= 4 is 49.2 Å². The number of phenolic OH excluding ortho intramolecular Hbond substituents is 1. The minimum Gasteiger partial charge on any atom is -0.507 e. The second-order valence-electron chi connectivity index (χ2n) is 12.6. The number of phenols is 1. The molecule has 11 nitrogen and oxygen atoms in total. The molecule has 1 unspecified atom stereocenters. The molecule has 1 aliphatic rings. The van der Waals surface area contributed by atoms with Gasteiger partial charge in [0.25, 0.3) is 0 Å². The van der Waals surface area contributed by atoms with Gasteiger partial charge in [0, 0.05) is 36.0 Å². The summed E-state index contributed by atoms with van der Waals surface area (Å²) in [6, 6.07) is 11.5. The van der Waals surface area contributed by atoms with Gasteiger partial charge in [-0.1, -0.05) is 74.0 Å². The van der Waals surface area contributed by atoms with Gasteiger partial charge < -0.3 is 25.3 Å². The maximum atomic E-state index is 14.0. The molecule has 47 heavy (non-hydrogen) atoms. The highest BCUT2D eigenvalue weighted by Crippen LogP contribution is 2.30. The molecule has 3 amide bonds. The lowest BCUT2D eigenvalue weighted by molar-refractivity contribution is -0.128. The summed E-state index contributed by atoms with van der Waals surface area (Å²) in [7, 11) is -4.24. The summed E-state index contributed by atoms with van der Waals surface area (Å²) < 4.78 is 29.3. The number of carbonyl (C=O) groups excluding carboxylic acids is 2. The number of aliphatic hydroxyl groups is 1. The third kappa shape index (κ3) is 9.32. The van der Waals surface area contributed by atoms with Crippen LogP contribution in [0.1, 0.15) is 44.0 Å². The van der Waals surface area contributed by atoms with Gasteiger partial charge in [0.05, 0.1) is 29.4 Å². The Morgan fingerprint density at radius 1 is 1.11 bits per heavy atom. The Morgan fingerprint density at radius 3 is 2.43 bits per heavy atom.